The van der Waals surface area contributed by atoms with Crippen molar-refractivity contribution < 1.29 is 0 Å². The van der Waals surface area contributed by atoms with E-state index >= 15 is 0 Å². The summed E-state index contributed by atoms with van der Waals surface area (Å²) >= 11 is 5.76. The van der Waals surface area contributed by atoms with Crippen LogP contribution in [0.25, 0.3) is 0 Å². The van der Waals surface area contributed by atoms with Crippen molar-refractivity contribution in [3.05, 3.63) is 62.1 Å². The van der Waals surface area contributed by atoms with Crippen LogP contribution in [0.5, 0.6) is 0 Å². The van der Waals surface area contributed by atoms with Crippen LogP contribution in [0.15, 0.2) is 53.0 Å². The van der Waals surface area contributed by atoms with Gasteiger partial charge in [0.2, 0.25) is 0 Å². The molecule has 0 spiro atoms. The standard InChI is InChI=1S/C14H13BrIN/c1-10(11-2-4-12(15)5-3-11)17-14-8-6-13(16)7-9-14/h2-10,17H,1H3. The summed E-state index contributed by atoms with van der Waals surface area (Å²) in [6.45, 7) is 2.17. The first kappa shape index (κ1) is 12.9. The second-order valence-corrected chi connectivity index (χ2v) is 6.09. The predicted molar refractivity (Wildman–Crippen MR) is 85.3 cm³/mol. The van der Waals surface area contributed by atoms with E-state index in [1.54, 1.807) is 0 Å². The van der Waals surface area contributed by atoms with E-state index in [2.05, 4.69) is 99.3 Å². The lowest BCUT2D eigenvalue weighted by molar-refractivity contribution is 0.884. The summed E-state index contributed by atoms with van der Waals surface area (Å²) in [6.07, 6.45) is 0. The van der Waals surface area contributed by atoms with Crippen molar-refractivity contribution in [3.63, 3.8) is 0 Å². The van der Waals surface area contributed by atoms with Gasteiger partial charge in [0.05, 0.1) is 0 Å². The number of nitrogens with one attached hydrogen (secondary N) is 1. The maximum absolute atomic E-state index is 3.49. The van der Waals surface area contributed by atoms with Gasteiger partial charge in [0.25, 0.3) is 0 Å². The maximum atomic E-state index is 3.49. The number of rotatable bonds is 3. The summed E-state index contributed by atoms with van der Waals surface area (Å²) < 4.78 is 2.37. The fourth-order valence-electron chi connectivity index (χ4n) is 1.63. The Bertz CT molecular complexity index is 479. The van der Waals surface area contributed by atoms with Gasteiger partial charge in [0.1, 0.15) is 0 Å². The van der Waals surface area contributed by atoms with Crippen LogP contribution >= 0.6 is 38.5 Å². The number of hydrogen-bond donors (Lipinski definition) is 1. The van der Waals surface area contributed by atoms with E-state index in [1.165, 1.54) is 9.13 Å². The molecule has 2 rings (SSSR count). The molecule has 1 atom stereocenters. The molecule has 0 saturated carbocycles. The third-order valence-corrected chi connectivity index (χ3v) is 3.85. The molecule has 1 unspecified atom stereocenters. The normalized spacial score (nSPS) is 12.2. The Hall–Kier alpha value is -0.550. The van der Waals surface area contributed by atoms with Gasteiger partial charge in [-0.25, -0.2) is 0 Å². The second-order valence-electron chi connectivity index (χ2n) is 3.92. The summed E-state index contributed by atoms with van der Waals surface area (Å²) in [5, 5.41) is 3.49. The maximum Gasteiger partial charge on any atom is 0.0485 e. The fraction of sp³-hybridized carbons (Fsp3) is 0.143. The molecule has 2 aromatic carbocycles. The van der Waals surface area contributed by atoms with E-state index in [9.17, 15) is 0 Å². The molecule has 17 heavy (non-hydrogen) atoms. The summed E-state index contributed by atoms with van der Waals surface area (Å²) in [4.78, 5) is 0. The molecule has 0 amide bonds. The number of hydrogen-bond acceptors (Lipinski definition) is 1. The quantitative estimate of drug-likeness (QED) is 0.694. The first-order valence-electron chi connectivity index (χ1n) is 5.43. The molecule has 1 nitrogen and oxygen atoms in total. The Labute approximate surface area is 124 Å². The Kier molecular flexibility index (Phi) is 4.45. The molecule has 0 aliphatic carbocycles. The van der Waals surface area contributed by atoms with Crippen molar-refractivity contribution >= 4 is 44.2 Å². The van der Waals surface area contributed by atoms with Gasteiger partial charge in [-0.05, 0) is 71.5 Å². The van der Waals surface area contributed by atoms with Crippen molar-refractivity contribution in [2.24, 2.45) is 0 Å². The van der Waals surface area contributed by atoms with Gasteiger partial charge in [0, 0.05) is 19.8 Å². The number of halogens is 2. The van der Waals surface area contributed by atoms with Crippen molar-refractivity contribution in [3.8, 4) is 0 Å². The zero-order valence-electron chi connectivity index (χ0n) is 9.45. The molecule has 3 heteroatoms. The minimum absolute atomic E-state index is 0.308. The molecular formula is C14H13BrIN. The van der Waals surface area contributed by atoms with Gasteiger partial charge in [0.15, 0.2) is 0 Å². The molecular weight excluding hydrogens is 389 g/mol. The lowest BCUT2D eigenvalue weighted by Crippen LogP contribution is -2.06. The largest absolute Gasteiger partial charge is 0.379 e. The van der Waals surface area contributed by atoms with Crippen LogP contribution in [0, 0.1) is 3.57 Å². The molecule has 1 N–H and O–H groups in total. The lowest BCUT2D eigenvalue weighted by Gasteiger charge is -2.15. The minimum Gasteiger partial charge on any atom is -0.379 e. The highest BCUT2D eigenvalue weighted by molar-refractivity contribution is 14.1. The van der Waals surface area contributed by atoms with E-state index in [0.717, 1.165) is 10.2 Å². The number of anilines is 1. The van der Waals surface area contributed by atoms with Crippen molar-refractivity contribution in [1.29, 1.82) is 0 Å². The third-order valence-electron chi connectivity index (χ3n) is 2.60. The average Bonchev–Trinajstić information content (AvgIpc) is 2.33. The molecule has 0 fully saturated rings. The zero-order valence-corrected chi connectivity index (χ0v) is 13.2. The molecule has 88 valence electrons. The molecule has 0 bridgehead atoms. The number of benzene rings is 2. The first-order chi connectivity index (χ1) is 8.15. The summed E-state index contributed by atoms with van der Waals surface area (Å²) in [5.74, 6) is 0. The van der Waals surface area contributed by atoms with E-state index in [0.29, 0.717) is 6.04 Å². The van der Waals surface area contributed by atoms with Crippen LogP contribution in [0.3, 0.4) is 0 Å². The van der Waals surface area contributed by atoms with Gasteiger partial charge >= 0.3 is 0 Å². The van der Waals surface area contributed by atoms with Gasteiger partial charge < -0.3 is 5.32 Å². The Balaban J connectivity index is 2.08. The highest BCUT2D eigenvalue weighted by Gasteiger charge is 2.04. The summed E-state index contributed by atoms with van der Waals surface area (Å²) in [6, 6.07) is 17.2. The predicted octanol–water partition coefficient (Wildman–Crippen LogP) is 5.23. The van der Waals surface area contributed by atoms with E-state index < -0.39 is 0 Å². The monoisotopic (exact) mass is 401 g/mol. The molecule has 0 aliphatic heterocycles. The highest BCUT2D eigenvalue weighted by atomic mass is 127. The van der Waals surface area contributed by atoms with Gasteiger partial charge in [-0.2, -0.15) is 0 Å². The van der Waals surface area contributed by atoms with Gasteiger partial charge in [-0.3, -0.25) is 0 Å². The summed E-state index contributed by atoms with van der Waals surface area (Å²) in [5.41, 5.74) is 2.44. The van der Waals surface area contributed by atoms with Crippen LogP contribution in [-0.2, 0) is 0 Å². The van der Waals surface area contributed by atoms with Gasteiger partial charge in [-0.15, -0.1) is 0 Å². The highest BCUT2D eigenvalue weighted by Crippen LogP contribution is 2.21. The van der Waals surface area contributed by atoms with Crippen molar-refractivity contribution in [2.75, 3.05) is 5.32 Å². The first-order valence-corrected chi connectivity index (χ1v) is 7.30. The second kappa shape index (κ2) is 5.87. The van der Waals surface area contributed by atoms with Crippen LogP contribution in [0.2, 0.25) is 0 Å². The Morgan fingerprint density at radius 1 is 1.00 bits per heavy atom. The zero-order chi connectivity index (χ0) is 12.3. The topological polar surface area (TPSA) is 12.0 Å². The molecule has 0 radical (unpaired) electrons. The van der Waals surface area contributed by atoms with E-state index in [-0.39, 0.29) is 0 Å². The minimum atomic E-state index is 0.308. The Morgan fingerprint density at radius 2 is 1.59 bits per heavy atom. The smallest absolute Gasteiger partial charge is 0.0485 e. The molecule has 0 aromatic heterocycles. The average molecular weight is 402 g/mol. The Morgan fingerprint density at radius 3 is 2.18 bits per heavy atom. The van der Waals surface area contributed by atoms with Crippen LogP contribution < -0.4 is 5.32 Å². The lowest BCUT2D eigenvalue weighted by atomic mass is 10.1. The van der Waals surface area contributed by atoms with Crippen LogP contribution in [0.4, 0.5) is 5.69 Å². The molecule has 0 saturated heterocycles. The SMILES string of the molecule is CC(Nc1ccc(I)cc1)c1ccc(Br)cc1. The van der Waals surface area contributed by atoms with Crippen LogP contribution in [-0.4, -0.2) is 0 Å². The molecule has 0 heterocycles. The van der Waals surface area contributed by atoms with E-state index in [4.69, 9.17) is 0 Å². The van der Waals surface area contributed by atoms with Crippen molar-refractivity contribution in [2.45, 2.75) is 13.0 Å². The molecule has 2 aromatic rings. The van der Waals surface area contributed by atoms with Gasteiger partial charge in [-0.1, -0.05) is 28.1 Å². The third kappa shape index (κ3) is 3.71. The van der Waals surface area contributed by atoms with E-state index in [1.807, 2.05) is 0 Å². The molecule has 0 aliphatic rings. The summed E-state index contributed by atoms with van der Waals surface area (Å²) in [7, 11) is 0. The fourth-order valence-corrected chi connectivity index (χ4v) is 2.25. The van der Waals surface area contributed by atoms with Crippen molar-refractivity contribution in [1.82, 2.24) is 0 Å². The van der Waals surface area contributed by atoms with Crippen LogP contribution in [0.1, 0.15) is 18.5 Å².